The van der Waals surface area contributed by atoms with Crippen LogP contribution in [0.25, 0.3) is 0 Å². The maximum Gasteiger partial charge on any atom is 0.253 e. The number of hydrogen-bond acceptors (Lipinski definition) is 3. The van der Waals surface area contributed by atoms with E-state index in [0.29, 0.717) is 11.4 Å². The third kappa shape index (κ3) is 3.53. The predicted octanol–water partition coefficient (Wildman–Crippen LogP) is 2.86. The van der Waals surface area contributed by atoms with Crippen molar-refractivity contribution in [3.8, 4) is 5.88 Å². The lowest BCUT2D eigenvalue weighted by molar-refractivity contribution is 0.0939. The molecule has 110 valence electrons. The van der Waals surface area contributed by atoms with E-state index in [4.69, 9.17) is 4.74 Å². The van der Waals surface area contributed by atoms with Crippen LogP contribution in [-0.4, -0.2) is 18.0 Å². The largest absolute Gasteiger partial charge is 0.481 e. The van der Waals surface area contributed by atoms with Crippen LogP contribution in [0, 0.1) is 11.6 Å². The molecule has 21 heavy (non-hydrogen) atoms. The highest BCUT2D eigenvalue weighted by molar-refractivity contribution is 5.94. The number of ether oxygens (including phenoxy) is 1. The van der Waals surface area contributed by atoms with Gasteiger partial charge in [0.1, 0.15) is 11.6 Å². The first-order chi connectivity index (χ1) is 10.0. The highest BCUT2D eigenvalue weighted by atomic mass is 19.1. The average Bonchev–Trinajstić information content (AvgIpc) is 2.47. The SMILES string of the molecule is COc1ccc(C(=O)N[C@H](C)c2ccc(F)cc2F)cn1. The van der Waals surface area contributed by atoms with Crippen LogP contribution in [-0.2, 0) is 0 Å². The van der Waals surface area contributed by atoms with Gasteiger partial charge in [0, 0.05) is 23.9 Å². The van der Waals surface area contributed by atoms with E-state index < -0.39 is 23.6 Å². The summed E-state index contributed by atoms with van der Waals surface area (Å²) in [5.74, 6) is -1.37. The highest BCUT2D eigenvalue weighted by Gasteiger charge is 2.15. The molecule has 0 aliphatic heterocycles. The van der Waals surface area contributed by atoms with Crippen LogP contribution in [0.15, 0.2) is 36.5 Å². The van der Waals surface area contributed by atoms with Crippen molar-refractivity contribution in [1.29, 1.82) is 0 Å². The van der Waals surface area contributed by atoms with E-state index in [1.807, 2.05) is 0 Å². The lowest BCUT2D eigenvalue weighted by Gasteiger charge is -2.15. The predicted molar refractivity (Wildman–Crippen MR) is 73.0 cm³/mol. The number of nitrogens with one attached hydrogen (secondary N) is 1. The van der Waals surface area contributed by atoms with Gasteiger partial charge in [-0.2, -0.15) is 0 Å². The Bertz CT molecular complexity index is 645. The number of rotatable bonds is 4. The molecule has 1 N–H and O–H groups in total. The van der Waals surface area contributed by atoms with E-state index in [9.17, 15) is 13.6 Å². The quantitative estimate of drug-likeness (QED) is 0.942. The van der Waals surface area contributed by atoms with Crippen molar-refractivity contribution < 1.29 is 18.3 Å². The van der Waals surface area contributed by atoms with Gasteiger partial charge in [0.2, 0.25) is 5.88 Å². The number of aromatic nitrogens is 1. The van der Waals surface area contributed by atoms with Gasteiger partial charge in [0.15, 0.2) is 0 Å². The summed E-state index contributed by atoms with van der Waals surface area (Å²) in [4.78, 5) is 15.9. The molecule has 4 nitrogen and oxygen atoms in total. The zero-order valence-electron chi connectivity index (χ0n) is 11.6. The highest BCUT2D eigenvalue weighted by Crippen LogP contribution is 2.18. The van der Waals surface area contributed by atoms with Gasteiger partial charge in [0.05, 0.1) is 18.7 Å². The molecular weight excluding hydrogens is 278 g/mol. The van der Waals surface area contributed by atoms with Gasteiger partial charge in [-0.1, -0.05) is 6.07 Å². The lowest BCUT2D eigenvalue weighted by Crippen LogP contribution is -2.27. The van der Waals surface area contributed by atoms with Crippen molar-refractivity contribution in [3.05, 3.63) is 59.3 Å². The maximum atomic E-state index is 13.6. The molecular formula is C15H14F2N2O2. The van der Waals surface area contributed by atoms with Crippen LogP contribution in [0.4, 0.5) is 8.78 Å². The summed E-state index contributed by atoms with van der Waals surface area (Å²) in [5, 5.41) is 2.63. The molecule has 0 saturated carbocycles. The van der Waals surface area contributed by atoms with E-state index in [-0.39, 0.29) is 5.56 Å². The molecule has 1 atom stereocenters. The Morgan fingerprint density at radius 3 is 2.62 bits per heavy atom. The second-order valence-corrected chi connectivity index (χ2v) is 4.45. The molecule has 0 fully saturated rings. The Balaban J connectivity index is 2.10. The number of halogens is 2. The van der Waals surface area contributed by atoms with Crippen molar-refractivity contribution in [3.63, 3.8) is 0 Å². The number of nitrogens with zero attached hydrogens (tertiary/aromatic N) is 1. The smallest absolute Gasteiger partial charge is 0.253 e. The van der Waals surface area contributed by atoms with Crippen molar-refractivity contribution in [2.24, 2.45) is 0 Å². The molecule has 1 amide bonds. The van der Waals surface area contributed by atoms with Crippen molar-refractivity contribution in [2.45, 2.75) is 13.0 Å². The summed E-state index contributed by atoms with van der Waals surface area (Å²) in [7, 11) is 1.47. The van der Waals surface area contributed by atoms with E-state index >= 15 is 0 Å². The standard InChI is InChI=1S/C15H14F2N2O2/c1-9(12-5-4-11(16)7-13(12)17)19-15(20)10-3-6-14(21-2)18-8-10/h3-9H,1-2H3,(H,19,20)/t9-/m1/s1. The molecule has 1 aromatic heterocycles. The molecule has 0 unspecified atom stereocenters. The average molecular weight is 292 g/mol. The molecule has 0 aliphatic rings. The maximum absolute atomic E-state index is 13.6. The third-order valence-corrected chi connectivity index (χ3v) is 2.98. The van der Waals surface area contributed by atoms with Gasteiger partial charge in [-0.05, 0) is 19.1 Å². The first-order valence-corrected chi connectivity index (χ1v) is 6.27. The van der Waals surface area contributed by atoms with Gasteiger partial charge in [-0.15, -0.1) is 0 Å². The zero-order valence-corrected chi connectivity index (χ0v) is 11.6. The van der Waals surface area contributed by atoms with Crippen LogP contribution in [0.2, 0.25) is 0 Å². The summed E-state index contributed by atoms with van der Waals surface area (Å²) < 4.78 is 31.4. The monoisotopic (exact) mass is 292 g/mol. The van der Waals surface area contributed by atoms with Gasteiger partial charge in [0.25, 0.3) is 5.91 Å². The van der Waals surface area contributed by atoms with Crippen molar-refractivity contribution >= 4 is 5.91 Å². The molecule has 2 aromatic rings. The Labute approximate surface area is 120 Å². The summed E-state index contributed by atoms with van der Waals surface area (Å²) in [6, 6.07) is 5.75. The van der Waals surface area contributed by atoms with Gasteiger partial charge >= 0.3 is 0 Å². The minimum atomic E-state index is -0.698. The number of amides is 1. The van der Waals surface area contributed by atoms with Gasteiger partial charge < -0.3 is 10.1 Å². The molecule has 1 aromatic carbocycles. The van der Waals surface area contributed by atoms with Crippen LogP contribution >= 0.6 is 0 Å². The number of carbonyl (C=O) groups excluding carboxylic acids is 1. The van der Waals surface area contributed by atoms with E-state index in [0.717, 1.165) is 12.1 Å². The minimum Gasteiger partial charge on any atom is -0.481 e. The van der Waals surface area contributed by atoms with Gasteiger partial charge in [-0.25, -0.2) is 13.8 Å². The molecule has 2 rings (SSSR count). The second-order valence-electron chi connectivity index (χ2n) is 4.45. The first kappa shape index (κ1) is 14.9. The minimum absolute atomic E-state index is 0.214. The van der Waals surface area contributed by atoms with Crippen molar-refractivity contribution in [1.82, 2.24) is 10.3 Å². The van der Waals surface area contributed by atoms with E-state index in [1.165, 1.54) is 19.4 Å². The van der Waals surface area contributed by atoms with Gasteiger partial charge in [-0.3, -0.25) is 4.79 Å². The fourth-order valence-electron chi connectivity index (χ4n) is 1.85. The molecule has 0 spiro atoms. The molecule has 0 aliphatic carbocycles. The van der Waals surface area contributed by atoms with Crippen LogP contribution < -0.4 is 10.1 Å². The Kier molecular flexibility index (Phi) is 4.47. The molecule has 6 heteroatoms. The Morgan fingerprint density at radius 1 is 1.29 bits per heavy atom. The van der Waals surface area contributed by atoms with Crippen LogP contribution in [0.1, 0.15) is 28.9 Å². The number of hydrogen-bond donors (Lipinski definition) is 1. The van der Waals surface area contributed by atoms with E-state index in [2.05, 4.69) is 10.3 Å². The number of carbonyl (C=O) groups is 1. The fraction of sp³-hybridized carbons (Fsp3) is 0.200. The Morgan fingerprint density at radius 2 is 2.05 bits per heavy atom. The molecule has 0 radical (unpaired) electrons. The number of pyridine rings is 1. The first-order valence-electron chi connectivity index (χ1n) is 6.27. The number of benzene rings is 1. The third-order valence-electron chi connectivity index (χ3n) is 2.98. The number of methoxy groups -OCH3 is 1. The Hall–Kier alpha value is -2.50. The normalized spacial score (nSPS) is 11.8. The topological polar surface area (TPSA) is 51.2 Å². The summed E-state index contributed by atoms with van der Waals surface area (Å²) >= 11 is 0. The summed E-state index contributed by atoms with van der Waals surface area (Å²) in [6.07, 6.45) is 1.36. The molecule has 0 bridgehead atoms. The van der Waals surface area contributed by atoms with Crippen molar-refractivity contribution in [2.75, 3.05) is 7.11 Å². The molecule has 0 saturated heterocycles. The van der Waals surface area contributed by atoms with Crippen LogP contribution in [0.5, 0.6) is 5.88 Å². The van der Waals surface area contributed by atoms with E-state index in [1.54, 1.807) is 19.1 Å². The molecule has 1 heterocycles. The summed E-state index contributed by atoms with van der Waals surface area (Å²) in [5.41, 5.74) is 0.538. The lowest BCUT2D eigenvalue weighted by atomic mass is 10.1. The zero-order chi connectivity index (χ0) is 15.4. The fourth-order valence-corrected chi connectivity index (χ4v) is 1.85. The summed E-state index contributed by atoms with van der Waals surface area (Å²) in [6.45, 7) is 1.62. The van der Waals surface area contributed by atoms with Crippen LogP contribution in [0.3, 0.4) is 0 Å². The second kappa shape index (κ2) is 6.30.